The van der Waals surface area contributed by atoms with Gasteiger partial charge in [0.2, 0.25) is 5.91 Å². The molecule has 0 saturated heterocycles. The molecule has 2 amide bonds. The minimum Gasteiger partial charge on any atom is -0.383 e. The van der Waals surface area contributed by atoms with E-state index in [1.165, 1.54) is 48.6 Å². The molecule has 1 unspecified atom stereocenters. The van der Waals surface area contributed by atoms with Crippen LogP contribution in [0.4, 0.5) is 28.9 Å². The van der Waals surface area contributed by atoms with Crippen LogP contribution in [-0.2, 0) is 22.2 Å². The van der Waals surface area contributed by atoms with Crippen LogP contribution in [0.5, 0.6) is 0 Å². The van der Waals surface area contributed by atoms with Gasteiger partial charge in [0.15, 0.2) is 0 Å². The molecule has 3 aromatic rings. The first-order chi connectivity index (χ1) is 17.1. The number of rotatable bonds is 5. The lowest BCUT2D eigenvalue weighted by atomic mass is 9.96. The van der Waals surface area contributed by atoms with Crippen LogP contribution in [0, 0.1) is 5.82 Å². The zero-order valence-electron chi connectivity index (χ0n) is 18.6. The second-order valence-electron chi connectivity index (χ2n) is 8.05. The van der Waals surface area contributed by atoms with Crippen LogP contribution in [0.1, 0.15) is 22.3 Å². The number of amides is 2. The molecule has 1 heterocycles. The molecule has 0 fully saturated rings. The predicted octanol–water partition coefficient (Wildman–Crippen LogP) is 5.33. The van der Waals surface area contributed by atoms with Crippen molar-refractivity contribution in [3.63, 3.8) is 0 Å². The summed E-state index contributed by atoms with van der Waals surface area (Å²) in [5, 5.41) is 15.1. The third-order valence-electron chi connectivity index (χ3n) is 5.58. The molecule has 9 heteroatoms. The fourth-order valence-corrected chi connectivity index (χ4v) is 3.78. The van der Waals surface area contributed by atoms with E-state index >= 15 is 0 Å². The summed E-state index contributed by atoms with van der Waals surface area (Å²) in [6, 6.07) is 14.9. The molecule has 184 valence electrons. The van der Waals surface area contributed by atoms with Gasteiger partial charge in [0.25, 0.3) is 5.91 Å². The van der Waals surface area contributed by atoms with Crippen molar-refractivity contribution in [2.45, 2.75) is 18.7 Å². The van der Waals surface area contributed by atoms with Crippen LogP contribution in [0.3, 0.4) is 0 Å². The minimum atomic E-state index is -4.48. The molecule has 0 bridgehead atoms. The van der Waals surface area contributed by atoms with Crippen molar-refractivity contribution in [1.82, 2.24) is 0 Å². The Bertz CT molecular complexity index is 1340. The first-order valence-electron chi connectivity index (χ1n) is 10.9. The number of hydrogen-bond acceptors (Lipinski definition) is 3. The zero-order valence-corrected chi connectivity index (χ0v) is 18.6. The highest BCUT2D eigenvalue weighted by Crippen LogP contribution is 2.32. The summed E-state index contributed by atoms with van der Waals surface area (Å²) in [6.07, 6.45) is -1.46. The molecule has 36 heavy (non-hydrogen) atoms. The molecule has 3 N–H and O–H groups in total. The van der Waals surface area contributed by atoms with Crippen LogP contribution in [0.15, 0.2) is 85.0 Å². The number of anilines is 2. The fraction of sp³-hybridized carbons (Fsp3) is 0.111. The molecule has 4 rings (SSSR count). The third kappa shape index (κ3) is 5.69. The highest BCUT2D eigenvalue weighted by atomic mass is 19.4. The average Bonchev–Trinajstić information content (AvgIpc) is 2.83. The van der Waals surface area contributed by atoms with Gasteiger partial charge in [-0.1, -0.05) is 42.5 Å². The van der Waals surface area contributed by atoms with Crippen LogP contribution in [-0.4, -0.2) is 23.0 Å². The van der Waals surface area contributed by atoms with Crippen LogP contribution < -0.4 is 10.6 Å². The first kappa shape index (κ1) is 24.9. The molecule has 0 aliphatic carbocycles. The molecule has 1 aliphatic heterocycles. The Morgan fingerprint density at radius 2 is 1.64 bits per heavy atom. The largest absolute Gasteiger partial charge is 0.416 e. The van der Waals surface area contributed by atoms with Gasteiger partial charge in [-0.2, -0.15) is 13.2 Å². The molecule has 3 aromatic carbocycles. The van der Waals surface area contributed by atoms with Gasteiger partial charge in [-0.3, -0.25) is 9.59 Å². The lowest BCUT2D eigenvalue weighted by molar-refractivity contribution is -0.137. The van der Waals surface area contributed by atoms with Crippen molar-refractivity contribution in [2.75, 3.05) is 10.6 Å². The summed E-state index contributed by atoms with van der Waals surface area (Å²) in [7, 11) is 0. The van der Waals surface area contributed by atoms with Gasteiger partial charge >= 0.3 is 6.18 Å². The topological polar surface area (TPSA) is 78.4 Å². The van der Waals surface area contributed by atoms with Crippen molar-refractivity contribution in [3.8, 4) is 0 Å². The Morgan fingerprint density at radius 1 is 1.00 bits per heavy atom. The van der Waals surface area contributed by atoms with Gasteiger partial charge in [0.05, 0.1) is 5.56 Å². The van der Waals surface area contributed by atoms with Crippen molar-refractivity contribution >= 4 is 28.8 Å². The summed E-state index contributed by atoms with van der Waals surface area (Å²) in [6.45, 7) is 0. The number of carbonyl (C=O) groups excluding carboxylic acids is 2. The number of aliphatic hydroxyl groups is 1. The molecular weight excluding hydrogens is 476 g/mol. The highest BCUT2D eigenvalue weighted by molar-refractivity contribution is 6.03. The molecule has 0 aromatic heterocycles. The quantitative estimate of drug-likeness (QED) is 0.254. The number of aliphatic hydroxyl groups excluding tert-OH is 1. The number of fused-ring (bicyclic) bond motifs is 1. The van der Waals surface area contributed by atoms with Crippen molar-refractivity contribution in [2.24, 2.45) is 0 Å². The molecule has 5 nitrogen and oxygen atoms in total. The number of hydrogen-bond donors (Lipinski definition) is 3. The summed E-state index contributed by atoms with van der Waals surface area (Å²) >= 11 is 0. The molecule has 0 saturated carbocycles. The van der Waals surface area contributed by atoms with Crippen molar-refractivity contribution in [3.05, 3.63) is 113 Å². The summed E-state index contributed by atoms with van der Waals surface area (Å²) < 4.78 is 52.3. The Hall–Kier alpha value is -4.24. The van der Waals surface area contributed by atoms with E-state index in [1.807, 2.05) is 0 Å². The Balaban J connectivity index is 1.58. The predicted molar refractivity (Wildman–Crippen MR) is 127 cm³/mol. The van der Waals surface area contributed by atoms with Crippen LogP contribution in [0.25, 0.3) is 5.57 Å². The van der Waals surface area contributed by atoms with E-state index in [0.29, 0.717) is 33.6 Å². The van der Waals surface area contributed by atoms with Gasteiger partial charge in [-0.15, -0.1) is 0 Å². The van der Waals surface area contributed by atoms with Gasteiger partial charge in [-0.25, -0.2) is 4.39 Å². The lowest BCUT2D eigenvalue weighted by Crippen LogP contribution is -2.34. The Kier molecular flexibility index (Phi) is 7.03. The third-order valence-corrected chi connectivity index (χ3v) is 5.58. The molecular formula is C27H20F4N2O3. The van der Waals surface area contributed by atoms with Crippen molar-refractivity contribution in [1.29, 1.82) is 0 Å². The number of alkyl halides is 3. The first-order valence-corrected chi connectivity index (χ1v) is 10.9. The average molecular weight is 496 g/mol. The number of benzene rings is 3. The smallest absolute Gasteiger partial charge is 0.383 e. The van der Waals surface area contributed by atoms with Crippen molar-refractivity contribution < 1.29 is 32.3 Å². The SMILES string of the molecule is O=C(/C=C/C=C(\c1ccc(F)cc1)c1ccc(C(F)(F)F)cc1)Nc1cccc2c1CC(O)C(=O)N2. The van der Waals surface area contributed by atoms with E-state index in [0.717, 1.165) is 12.1 Å². The van der Waals surface area contributed by atoms with E-state index in [1.54, 1.807) is 24.3 Å². The monoisotopic (exact) mass is 496 g/mol. The Labute approximate surface area is 203 Å². The molecule has 0 radical (unpaired) electrons. The van der Waals surface area contributed by atoms with Crippen LogP contribution >= 0.6 is 0 Å². The van der Waals surface area contributed by atoms with E-state index in [9.17, 15) is 32.3 Å². The van der Waals surface area contributed by atoms with E-state index in [-0.39, 0.29) is 6.42 Å². The maximum atomic E-state index is 13.4. The molecule has 0 spiro atoms. The number of allylic oxidation sites excluding steroid dienone is 2. The fourth-order valence-electron chi connectivity index (χ4n) is 3.78. The van der Waals surface area contributed by atoms with Gasteiger partial charge < -0.3 is 15.7 Å². The van der Waals surface area contributed by atoms with Gasteiger partial charge in [0, 0.05) is 29.4 Å². The van der Waals surface area contributed by atoms with E-state index in [4.69, 9.17) is 0 Å². The zero-order chi connectivity index (χ0) is 25.9. The number of carbonyl (C=O) groups is 2. The van der Waals surface area contributed by atoms with E-state index in [2.05, 4.69) is 10.6 Å². The summed E-state index contributed by atoms with van der Waals surface area (Å²) in [5.74, 6) is -1.49. The normalized spacial score (nSPS) is 16.0. The van der Waals surface area contributed by atoms with Gasteiger partial charge in [-0.05, 0) is 53.1 Å². The standard InChI is InChI=1S/C27H20F4N2O3/c28-19-13-9-17(10-14-19)20(16-7-11-18(12-8-16)27(29,30)31)3-1-6-25(35)32-22-4-2-5-23-21(22)15-24(34)26(36)33-23/h1-14,24,34H,15H2,(H,32,35)(H,33,36)/b6-1+,20-3-. The maximum absolute atomic E-state index is 13.4. The number of halogens is 4. The number of nitrogens with one attached hydrogen (secondary N) is 2. The highest BCUT2D eigenvalue weighted by Gasteiger charge is 2.30. The lowest BCUT2D eigenvalue weighted by Gasteiger charge is -2.23. The summed E-state index contributed by atoms with van der Waals surface area (Å²) in [4.78, 5) is 24.2. The van der Waals surface area contributed by atoms with E-state index < -0.39 is 35.5 Å². The maximum Gasteiger partial charge on any atom is 0.416 e. The Morgan fingerprint density at radius 3 is 2.28 bits per heavy atom. The summed E-state index contributed by atoms with van der Waals surface area (Å²) in [5.41, 5.74) is 2.17. The molecule has 1 aliphatic rings. The minimum absolute atomic E-state index is 0.0455. The second kappa shape index (κ2) is 10.2. The van der Waals surface area contributed by atoms with Crippen LogP contribution in [0.2, 0.25) is 0 Å². The second-order valence-corrected chi connectivity index (χ2v) is 8.05. The van der Waals surface area contributed by atoms with Gasteiger partial charge in [0.1, 0.15) is 11.9 Å². The molecule has 1 atom stereocenters.